The maximum atomic E-state index is 13.8. The van der Waals surface area contributed by atoms with E-state index in [-0.39, 0.29) is 5.82 Å². The van der Waals surface area contributed by atoms with Crippen LogP contribution in [0.25, 0.3) is 11.2 Å². The van der Waals surface area contributed by atoms with E-state index in [0.29, 0.717) is 24.3 Å². The smallest absolute Gasteiger partial charge is 0.180 e. The van der Waals surface area contributed by atoms with Gasteiger partial charge in [-0.3, -0.25) is 4.98 Å². The van der Waals surface area contributed by atoms with Crippen molar-refractivity contribution in [3.63, 3.8) is 0 Å². The SMILES string of the molecule is CN(C)Cc1cc(CNc2ccc3nccnc3n2)ccc1F. The van der Waals surface area contributed by atoms with Crippen molar-refractivity contribution in [2.45, 2.75) is 13.1 Å². The fraction of sp³-hybridized carbons (Fsp3) is 0.235. The number of anilines is 1. The van der Waals surface area contributed by atoms with Crippen molar-refractivity contribution in [2.75, 3.05) is 19.4 Å². The molecule has 0 fully saturated rings. The summed E-state index contributed by atoms with van der Waals surface area (Å²) >= 11 is 0. The predicted molar refractivity (Wildman–Crippen MR) is 88.5 cm³/mol. The van der Waals surface area contributed by atoms with Gasteiger partial charge in [-0.25, -0.2) is 14.4 Å². The highest BCUT2D eigenvalue weighted by atomic mass is 19.1. The molecule has 0 radical (unpaired) electrons. The van der Waals surface area contributed by atoms with Gasteiger partial charge in [-0.1, -0.05) is 6.07 Å². The van der Waals surface area contributed by atoms with E-state index >= 15 is 0 Å². The molecule has 0 saturated carbocycles. The Morgan fingerprint density at radius 1 is 1.09 bits per heavy atom. The molecule has 0 aliphatic rings. The first-order valence-electron chi connectivity index (χ1n) is 7.35. The molecular weight excluding hydrogens is 293 g/mol. The Balaban J connectivity index is 1.74. The first-order valence-corrected chi connectivity index (χ1v) is 7.35. The minimum Gasteiger partial charge on any atom is -0.366 e. The molecule has 118 valence electrons. The minimum absolute atomic E-state index is 0.179. The van der Waals surface area contributed by atoms with Gasteiger partial charge >= 0.3 is 0 Å². The molecule has 3 aromatic rings. The third-order valence-electron chi connectivity index (χ3n) is 3.40. The monoisotopic (exact) mass is 311 g/mol. The summed E-state index contributed by atoms with van der Waals surface area (Å²) in [5.41, 5.74) is 3.05. The van der Waals surface area contributed by atoms with Gasteiger partial charge in [-0.05, 0) is 43.9 Å². The van der Waals surface area contributed by atoms with E-state index in [2.05, 4.69) is 20.3 Å². The van der Waals surface area contributed by atoms with Gasteiger partial charge in [0.2, 0.25) is 0 Å². The van der Waals surface area contributed by atoms with E-state index in [1.165, 1.54) is 6.07 Å². The molecule has 2 aromatic heterocycles. The summed E-state index contributed by atoms with van der Waals surface area (Å²) in [6.07, 6.45) is 3.26. The second-order valence-corrected chi connectivity index (χ2v) is 5.61. The molecule has 0 aliphatic carbocycles. The summed E-state index contributed by atoms with van der Waals surface area (Å²) in [4.78, 5) is 14.7. The van der Waals surface area contributed by atoms with Crippen molar-refractivity contribution >= 4 is 17.0 Å². The van der Waals surface area contributed by atoms with Crippen molar-refractivity contribution in [3.05, 3.63) is 59.7 Å². The fourth-order valence-electron chi connectivity index (χ4n) is 2.35. The van der Waals surface area contributed by atoms with Crippen LogP contribution in [0.1, 0.15) is 11.1 Å². The second kappa shape index (κ2) is 6.66. The Bertz CT molecular complexity index is 819. The van der Waals surface area contributed by atoms with Crippen LogP contribution in [-0.4, -0.2) is 33.9 Å². The van der Waals surface area contributed by atoms with E-state index < -0.39 is 0 Å². The lowest BCUT2D eigenvalue weighted by Crippen LogP contribution is -2.12. The zero-order valence-corrected chi connectivity index (χ0v) is 13.1. The quantitative estimate of drug-likeness (QED) is 0.785. The Labute approximate surface area is 134 Å². The van der Waals surface area contributed by atoms with Crippen LogP contribution in [-0.2, 0) is 13.1 Å². The first kappa shape index (κ1) is 15.3. The maximum Gasteiger partial charge on any atom is 0.180 e. The molecule has 0 atom stereocenters. The molecule has 0 bridgehead atoms. The highest BCUT2D eigenvalue weighted by Crippen LogP contribution is 2.15. The van der Waals surface area contributed by atoms with Crippen molar-refractivity contribution in [1.29, 1.82) is 0 Å². The van der Waals surface area contributed by atoms with Crippen LogP contribution in [0.15, 0.2) is 42.7 Å². The minimum atomic E-state index is -0.179. The molecule has 6 heteroatoms. The molecule has 1 N–H and O–H groups in total. The van der Waals surface area contributed by atoms with E-state index in [4.69, 9.17) is 0 Å². The topological polar surface area (TPSA) is 53.9 Å². The van der Waals surface area contributed by atoms with Crippen molar-refractivity contribution in [1.82, 2.24) is 19.9 Å². The van der Waals surface area contributed by atoms with Crippen LogP contribution in [0.3, 0.4) is 0 Å². The Kier molecular flexibility index (Phi) is 4.43. The normalized spacial score (nSPS) is 11.1. The zero-order chi connectivity index (χ0) is 16.2. The summed E-state index contributed by atoms with van der Waals surface area (Å²) in [6.45, 7) is 1.14. The molecule has 3 rings (SSSR count). The largest absolute Gasteiger partial charge is 0.366 e. The van der Waals surface area contributed by atoms with Crippen LogP contribution >= 0.6 is 0 Å². The van der Waals surface area contributed by atoms with E-state index in [1.807, 2.05) is 37.2 Å². The lowest BCUT2D eigenvalue weighted by atomic mass is 10.1. The van der Waals surface area contributed by atoms with Crippen LogP contribution in [0.4, 0.5) is 10.2 Å². The number of fused-ring (bicyclic) bond motifs is 1. The second-order valence-electron chi connectivity index (χ2n) is 5.61. The average molecular weight is 311 g/mol. The molecule has 2 heterocycles. The number of nitrogens with zero attached hydrogens (tertiary/aromatic N) is 4. The fourth-order valence-corrected chi connectivity index (χ4v) is 2.35. The van der Waals surface area contributed by atoms with Gasteiger partial charge in [0.15, 0.2) is 5.65 Å². The number of rotatable bonds is 5. The molecule has 0 aliphatic heterocycles. The summed E-state index contributed by atoms with van der Waals surface area (Å²) in [6, 6.07) is 8.90. The molecule has 0 unspecified atom stereocenters. The number of halogens is 1. The van der Waals surface area contributed by atoms with Crippen LogP contribution in [0.2, 0.25) is 0 Å². The number of benzene rings is 1. The van der Waals surface area contributed by atoms with Gasteiger partial charge in [0.1, 0.15) is 17.2 Å². The van der Waals surface area contributed by atoms with Gasteiger partial charge < -0.3 is 10.2 Å². The number of hydrogen-bond donors (Lipinski definition) is 1. The summed E-state index contributed by atoms with van der Waals surface area (Å²) in [5.74, 6) is 0.540. The van der Waals surface area contributed by atoms with Gasteiger partial charge in [-0.2, -0.15) is 0 Å². The van der Waals surface area contributed by atoms with Crippen molar-refractivity contribution in [3.8, 4) is 0 Å². The van der Waals surface area contributed by atoms with Crippen LogP contribution in [0, 0.1) is 5.82 Å². The van der Waals surface area contributed by atoms with Gasteiger partial charge in [-0.15, -0.1) is 0 Å². The zero-order valence-electron chi connectivity index (χ0n) is 13.1. The Morgan fingerprint density at radius 2 is 1.91 bits per heavy atom. The van der Waals surface area contributed by atoms with E-state index in [9.17, 15) is 4.39 Å². The molecule has 0 amide bonds. The summed E-state index contributed by atoms with van der Waals surface area (Å²) in [7, 11) is 3.84. The first-order chi connectivity index (χ1) is 11.1. The average Bonchev–Trinajstić information content (AvgIpc) is 2.55. The highest BCUT2D eigenvalue weighted by Gasteiger charge is 2.06. The number of aromatic nitrogens is 3. The molecule has 0 saturated heterocycles. The lowest BCUT2D eigenvalue weighted by Gasteiger charge is -2.12. The van der Waals surface area contributed by atoms with Crippen molar-refractivity contribution < 1.29 is 4.39 Å². The lowest BCUT2D eigenvalue weighted by molar-refractivity contribution is 0.392. The summed E-state index contributed by atoms with van der Waals surface area (Å²) < 4.78 is 13.8. The van der Waals surface area contributed by atoms with E-state index in [1.54, 1.807) is 18.5 Å². The molecule has 23 heavy (non-hydrogen) atoms. The third-order valence-corrected chi connectivity index (χ3v) is 3.40. The molecular formula is C17H18FN5. The van der Waals surface area contributed by atoms with Gasteiger partial charge in [0.05, 0.1) is 0 Å². The summed E-state index contributed by atoms with van der Waals surface area (Å²) in [5, 5.41) is 3.24. The molecule has 5 nitrogen and oxygen atoms in total. The molecule has 1 aromatic carbocycles. The maximum absolute atomic E-state index is 13.8. The number of pyridine rings is 1. The predicted octanol–water partition coefficient (Wildman–Crippen LogP) is 2.84. The van der Waals surface area contributed by atoms with Crippen LogP contribution in [0.5, 0.6) is 0 Å². The van der Waals surface area contributed by atoms with Crippen molar-refractivity contribution in [2.24, 2.45) is 0 Å². The number of hydrogen-bond acceptors (Lipinski definition) is 5. The number of nitrogens with one attached hydrogen (secondary N) is 1. The molecule has 0 spiro atoms. The third kappa shape index (κ3) is 3.78. The Morgan fingerprint density at radius 3 is 2.74 bits per heavy atom. The van der Waals surface area contributed by atoms with Gasteiger partial charge in [0, 0.05) is 31.0 Å². The highest BCUT2D eigenvalue weighted by molar-refractivity contribution is 5.71. The van der Waals surface area contributed by atoms with Gasteiger partial charge in [0.25, 0.3) is 0 Å². The van der Waals surface area contributed by atoms with E-state index in [0.717, 1.165) is 16.9 Å². The van der Waals surface area contributed by atoms with Crippen LogP contribution < -0.4 is 5.32 Å². The Hall–Kier alpha value is -2.60. The standard InChI is InChI=1S/C17H18FN5/c1-23(2)11-13-9-12(3-4-14(13)18)10-21-16-6-5-15-17(22-16)20-8-7-19-15/h3-9H,10-11H2,1-2H3,(H,20,21,22).